The zero-order valence-corrected chi connectivity index (χ0v) is 10.6. The molecule has 100 valence electrons. The minimum Gasteiger partial charge on any atom is -0.465 e. The van der Waals surface area contributed by atoms with Gasteiger partial charge in [-0.05, 0) is 43.7 Å². The van der Waals surface area contributed by atoms with Crippen molar-refractivity contribution in [1.82, 2.24) is 15.1 Å². The van der Waals surface area contributed by atoms with E-state index in [9.17, 15) is 4.79 Å². The van der Waals surface area contributed by atoms with E-state index in [1.165, 1.54) is 4.90 Å². The standard InChI is InChI=1S/C13H16N4O2/c14-9-12-4-3-11(15-16-12)2-1-10-5-7-17(8-6-10)13(18)19/h3-4,10H,1-2,5-8H2,(H,18,19). The Balaban J connectivity index is 1.77. The van der Waals surface area contributed by atoms with Crippen molar-refractivity contribution in [2.45, 2.75) is 25.7 Å². The molecule has 1 N–H and O–H groups in total. The monoisotopic (exact) mass is 260 g/mol. The van der Waals surface area contributed by atoms with Crippen LogP contribution in [0, 0.1) is 17.2 Å². The number of amides is 1. The molecule has 0 bridgehead atoms. The Bertz CT molecular complexity index is 472. The summed E-state index contributed by atoms with van der Waals surface area (Å²) in [7, 11) is 0. The lowest BCUT2D eigenvalue weighted by Crippen LogP contribution is -2.37. The average molecular weight is 260 g/mol. The molecule has 0 saturated carbocycles. The SMILES string of the molecule is N#Cc1ccc(CCC2CCN(C(=O)O)CC2)nn1. The first kappa shape index (κ1) is 13.3. The summed E-state index contributed by atoms with van der Waals surface area (Å²) < 4.78 is 0. The van der Waals surface area contributed by atoms with E-state index in [4.69, 9.17) is 10.4 Å². The molecule has 1 aliphatic rings. The highest BCUT2D eigenvalue weighted by Gasteiger charge is 2.21. The average Bonchev–Trinajstić information content (AvgIpc) is 2.46. The number of carbonyl (C=O) groups is 1. The maximum atomic E-state index is 10.8. The van der Waals surface area contributed by atoms with Crippen molar-refractivity contribution >= 4 is 6.09 Å². The van der Waals surface area contributed by atoms with Gasteiger partial charge in [-0.3, -0.25) is 0 Å². The second kappa shape index (κ2) is 6.14. The number of nitrogens with zero attached hydrogens (tertiary/aromatic N) is 4. The lowest BCUT2D eigenvalue weighted by molar-refractivity contribution is 0.123. The second-order valence-corrected chi connectivity index (χ2v) is 4.77. The van der Waals surface area contributed by atoms with Crippen LogP contribution in [0.1, 0.15) is 30.7 Å². The van der Waals surface area contributed by atoms with E-state index in [1.807, 2.05) is 12.1 Å². The van der Waals surface area contributed by atoms with Crippen LogP contribution >= 0.6 is 0 Å². The van der Waals surface area contributed by atoms with E-state index < -0.39 is 6.09 Å². The van der Waals surface area contributed by atoms with E-state index in [1.54, 1.807) is 6.07 Å². The molecule has 6 heteroatoms. The Labute approximate surface area is 111 Å². The number of nitriles is 1. The van der Waals surface area contributed by atoms with Crippen LogP contribution in [0.5, 0.6) is 0 Å². The Hall–Kier alpha value is -2.16. The number of carboxylic acid groups (broad SMARTS) is 1. The Kier molecular flexibility index (Phi) is 4.29. The van der Waals surface area contributed by atoms with E-state index in [-0.39, 0.29) is 0 Å². The van der Waals surface area contributed by atoms with Crippen LogP contribution in [-0.4, -0.2) is 39.4 Å². The third-order valence-corrected chi connectivity index (χ3v) is 3.53. The molecule has 19 heavy (non-hydrogen) atoms. The number of likely N-dealkylation sites (tertiary alicyclic amines) is 1. The van der Waals surface area contributed by atoms with Gasteiger partial charge in [-0.1, -0.05) is 0 Å². The molecule has 1 aromatic rings. The summed E-state index contributed by atoms with van der Waals surface area (Å²) in [6.07, 6.45) is 2.83. The van der Waals surface area contributed by atoms with Gasteiger partial charge in [0.1, 0.15) is 6.07 Å². The predicted octanol–water partition coefficient (Wildman–Crippen LogP) is 1.67. The van der Waals surface area contributed by atoms with E-state index in [0.29, 0.717) is 24.7 Å². The third kappa shape index (κ3) is 3.65. The number of rotatable bonds is 3. The van der Waals surface area contributed by atoms with Crippen molar-refractivity contribution in [3.63, 3.8) is 0 Å². The van der Waals surface area contributed by atoms with Gasteiger partial charge in [0.2, 0.25) is 0 Å². The Morgan fingerprint density at radius 3 is 2.68 bits per heavy atom. The molecule has 1 aromatic heterocycles. The zero-order chi connectivity index (χ0) is 13.7. The fourth-order valence-corrected chi connectivity index (χ4v) is 2.32. The van der Waals surface area contributed by atoms with E-state index in [0.717, 1.165) is 31.4 Å². The van der Waals surface area contributed by atoms with Crippen molar-refractivity contribution in [1.29, 1.82) is 5.26 Å². The van der Waals surface area contributed by atoms with Crippen molar-refractivity contribution in [2.75, 3.05) is 13.1 Å². The maximum absolute atomic E-state index is 10.8. The van der Waals surface area contributed by atoms with Gasteiger partial charge in [0.15, 0.2) is 5.69 Å². The van der Waals surface area contributed by atoms with Gasteiger partial charge in [-0.25, -0.2) is 4.79 Å². The molecular weight excluding hydrogens is 244 g/mol. The number of hydrogen-bond acceptors (Lipinski definition) is 4. The van der Waals surface area contributed by atoms with Gasteiger partial charge < -0.3 is 10.0 Å². The molecule has 1 aliphatic heterocycles. The van der Waals surface area contributed by atoms with Crippen molar-refractivity contribution < 1.29 is 9.90 Å². The molecule has 0 aromatic carbocycles. The molecule has 0 atom stereocenters. The second-order valence-electron chi connectivity index (χ2n) is 4.77. The first-order valence-electron chi connectivity index (χ1n) is 6.39. The van der Waals surface area contributed by atoms with Gasteiger partial charge >= 0.3 is 6.09 Å². The predicted molar refractivity (Wildman–Crippen MR) is 67.4 cm³/mol. The van der Waals surface area contributed by atoms with Gasteiger partial charge in [0.05, 0.1) is 5.69 Å². The van der Waals surface area contributed by atoms with Crippen LogP contribution in [0.2, 0.25) is 0 Å². The lowest BCUT2D eigenvalue weighted by atomic mass is 9.92. The number of hydrogen-bond donors (Lipinski definition) is 1. The molecule has 2 rings (SSSR count). The molecule has 6 nitrogen and oxygen atoms in total. The summed E-state index contributed by atoms with van der Waals surface area (Å²) >= 11 is 0. The molecule has 1 saturated heterocycles. The van der Waals surface area contributed by atoms with Crippen molar-refractivity contribution in [3.05, 3.63) is 23.5 Å². The van der Waals surface area contributed by atoms with Crippen LogP contribution in [0.4, 0.5) is 4.79 Å². The molecule has 1 amide bonds. The van der Waals surface area contributed by atoms with Crippen LogP contribution in [-0.2, 0) is 6.42 Å². The molecule has 1 fully saturated rings. The highest BCUT2D eigenvalue weighted by Crippen LogP contribution is 2.21. The van der Waals surface area contributed by atoms with Crippen molar-refractivity contribution in [2.24, 2.45) is 5.92 Å². The number of aryl methyl sites for hydroxylation is 1. The first-order valence-corrected chi connectivity index (χ1v) is 6.39. The minimum atomic E-state index is -0.823. The molecule has 0 aliphatic carbocycles. The fraction of sp³-hybridized carbons (Fsp3) is 0.538. The molecular formula is C13H16N4O2. The summed E-state index contributed by atoms with van der Waals surface area (Å²) in [5, 5.41) is 25.3. The molecule has 2 heterocycles. The fourth-order valence-electron chi connectivity index (χ4n) is 2.32. The normalized spacial score (nSPS) is 16.1. The topological polar surface area (TPSA) is 90.1 Å². The van der Waals surface area contributed by atoms with Crippen molar-refractivity contribution in [3.8, 4) is 6.07 Å². The highest BCUT2D eigenvalue weighted by molar-refractivity contribution is 5.64. The summed E-state index contributed by atoms with van der Waals surface area (Å²) in [4.78, 5) is 12.3. The van der Waals surface area contributed by atoms with Gasteiger partial charge in [0.25, 0.3) is 0 Å². The lowest BCUT2D eigenvalue weighted by Gasteiger charge is -2.29. The maximum Gasteiger partial charge on any atom is 0.407 e. The quantitative estimate of drug-likeness (QED) is 0.892. The molecule has 0 unspecified atom stereocenters. The zero-order valence-electron chi connectivity index (χ0n) is 10.6. The largest absolute Gasteiger partial charge is 0.465 e. The number of aromatic nitrogens is 2. The smallest absolute Gasteiger partial charge is 0.407 e. The number of piperidine rings is 1. The van der Waals surface area contributed by atoms with E-state index >= 15 is 0 Å². The molecule has 0 spiro atoms. The van der Waals surface area contributed by atoms with Gasteiger partial charge in [0, 0.05) is 13.1 Å². The van der Waals surface area contributed by atoms with E-state index in [2.05, 4.69) is 10.2 Å². The summed E-state index contributed by atoms with van der Waals surface area (Å²) in [5.74, 6) is 0.549. The Morgan fingerprint density at radius 1 is 1.42 bits per heavy atom. The summed E-state index contributed by atoms with van der Waals surface area (Å²) in [6, 6.07) is 5.45. The summed E-state index contributed by atoms with van der Waals surface area (Å²) in [6.45, 7) is 1.25. The van der Waals surface area contributed by atoms with Crippen LogP contribution < -0.4 is 0 Å². The van der Waals surface area contributed by atoms with Crippen LogP contribution in [0.3, 0.4) is 0 Å². The summed E-state index contributed by atoms with van der Waals surface area (Å²) in [5.41, 5.74) is 1.22. The first-order chi connectivity index (χ1) is 9.19. The van der Waals surface area contributed by atoms with Crippen LogP contribution in [0.15, 0.2) is 12.1 Å². The third-order valence-electron chi connectivity index (χ3n) is 3.53. The minimum absolute atomic E-state index is 0.332. The molecule has 0 radical (unpaired) electrons. The van der Waals surface area contributed by atoms with Gasteiger partial charge in [-0.15, -0.1) is 5.10 Å². The Morgan fingerprint density at radius 2 is 2.16 bits per heavy atom. The van der Waals surface area contributed by atoms with Crippen LogP contribution in [0.25, 0.3) is 0 Å². The highest BCUT2D eigenvalue weighted by atomic mass is 16.4. The van der Waals surface area contributed by atoms with Gasteiger partial charge in [-0.2, -0.15) is 10.4 Å².